The molecule has 0 unspecified atom stereocenters. The molecule has 0 N–H and O–H groups in total. The summed E-state index contributed by atoms with van der Waals surface area (Å²) >= 11 is 0. The van der Waals surface area contributed by atoms with Crippen LogP contribution in [0.25, 0.3) is 23.0 Å². The number of aromatic nitrogens is 4. The number of nitrogens with zero attached hydrogens (tertiary/aromatic N) is 4. The van der Waals surface area contributed by atoms with Crippen molar-refractivity contribution in [2.75, 3.05) is 0 Å². The maximum atomic E-state index is 13.3. The van der Waals surface area contributed by atoms with Gasteiger partial charge in [0.05, 0.1) is 11.8 Å². The fourth-order valence-corrected chi connectivity index (χ4v) is 2.67. The molecule has 0 saturated carbocycles. The summed E-state index contributed by atoms with van der Waals surface area (Å²) in [5.74, 6) is 1.72. The molecule has 0 atom stereocenters. The highest BCUT2D eigenvalue weighted by molar-refractivity contribution is 5.55. The van der Waals surface area contributed by atoms with Crippen molar-refractivity contribution in [3.63, 3.8) is 0 Å². The van der Waals surface area contributed by atoms with Gasteiger partial charge in [0.1, 0.15) is 11.6 Å². The van der Waals surface area contributed by atoms with Gasteiger partial charge in [-0.25, -0.2) is 19.3 Å². The van der Waals surface area contributed by atoms with E-state index in [9.17, 15) is 4.39 Å². The molecule has 4 aromatic rings. The fourth-order valence-electron chi connectivity index (χ4n) is 2.67. The number of aryl methyl sites for hydroxylation is 2. The molecule has 0 aliphatic carbocycles. The molecular weight excluding hydrogens is 319 g/mol. The van der Waals surface area contributed by atoms with Gasteiger partial charge in [-0.2, -0.15) is 0 Å². The summed E-state index contributed by atoms with van der Waals surface area (Å²) in [6, 6.07) is 10.3. The van der Waals surface area contributed by atoms with Gasteiger partial charge in [-0.3, -0.25) is 0 Å². The van der Waals surface area contributed by atoms with Crippen LogP contribution in [-0.2, 0) is 13.0 Å². The van der Waals surface area contributed by atoms with Crippen LogP contribution in [0.15, 0.2) is 71.9 Å². The Kier molecular flexibility index (Phi) is 4.08. The largest absolute Gasteiger partial charge is 0.461 e. The van der Waals surface area contributed by atoms with Crippen molar-refractivity contribution in [1.82, 2.24) is 19.5 Å². The predicted octanol–water partition coefficient (Wildman–Crippen LogP) is 3.98. The topological polar surface area (TPSA) is 56.7 Å². The third-order valence-corrected chi connectivity index (χ3v) is 3.90. The van der Waals surface area contributed by atoms with Crippen molar-refractivity contribution in [3.05, 3.63) is 78.8 Å². The van der Waals surface area contributed by atoms with Gasteiger partial charge in [0.2, 0.25) is 0 Å². The molecule has 1 aromatic carbocycles. The summed E-state index contributed by atoms with van der Waals surface area (Å²) in [6.07, 6.45) is 9.40. The molecule has 6 heteroatoms. The van der Waals surface area contributed by atoms with Crippen molar-refractivity contribution >= 4 is 0 Å². The lowest BCUT2D eigenvalue weighted by Gasteiger charge is -2.08. The van der Waals surface area contributed by atoms with E-state index in [1.165, 1.54) is 6.07 Å². The van der Waals surface area contributed by atoms with E-state index in [2.05, 4.69) is 15.0 Å². The van der Waals surface area contributed by atoms with Crippen LogP contribution in [0.4, 0.5) is 4.39 Å². The van der Waals surface area contributed by atoms with E-state index in [1.807, 2.05) is 22.9 Å². The highest BCUT2D eigenvalue weighted by atomic mass is 19.1. The van der Waals surface area contributed by atoms with Crippen LogP contribution < -0.4 is 0 Å². The van der Waals surface area contributed by atoms with Crippen molar-refractivity contribution in [2.45, 2.75) is 13.0 Å². The van der Waals surface area contributed by atoms with E-state index in [0.29, 0.717) is 24.6 Å². The Hall–Kier alpha value is -3.28. The van der Waals surface area contributed by atoms with Crippen molar-refractivity contribution in [3.8, 4) is 23.0 Å². The summed E-state index contributed by atoms with van der Waals surface area (Å²) in [5, 5.41) is 0. The molecule has 124 valence electrons. The van der Waals surface area contributed by atoms with Crippen molar-refractivity contribution in [1.29, 1.82) is 0 Å². The SMILES string of the molecule is Fc1cccc(CCn2ccnc2-c2cnc(-c3ccco3)nc2)c1. The Bertz CT molecular complexity index is 961. The maximum absolute atomic E-state index is 13.3. The average Bonchev–Trinajstić information content (AvgIpc) is 3.32. The van der Waals surface area contributed by atoms with Crippen molar-refractivity contribution < 1.29 is 8.81 Å². The minimum absolute atomic E-state index is 0.217. The molecule has 0 bridgehead atoms. The van der Waals surface area contributed by atoms with E-state index >= 15 is 0 Å². The highest BCUT2D eigenvalue weighted by Gasteiger charge is 2.09. The standard InChI is InChI=1S/C19H15FN4O/c20-16-4-1-3-14(11-16)6-8-24-9-7-21-19(24)15-12-22-18(23-13-15)17-5-2-10-25-17/h1-5,7,9-13H,6,8H2. The zero-order valence-corrected chi connectivity index (χ0v) is 13.3. The van der Waals surface area contributed by atoms with Crippen LogP contribution in [0.5, 0.6) is 0 Å². The smallest absolute Gasteiger partial charge is 0.195 e. The van der Waals surface area contributed by atoms with E-state index in [1.54, 1.807) is 43.1 Å². The molecular formula is C19H15FN4O. The van der Waals surface area contributed by atoms with Crippen molar-refractivity contribution in [2.24, 2.45) is 0 Å². The van der Waals surface area contributed by atoms with Gasteiger partial charge in [-0.1, -0.05) is 12.1 Å². The van der Waals surface area contributed by atoms with E-state index in [4.69, 9.17) is 4.42 Å². The Labute approximate surface area is 143 Å². The van der Waals surface area contributed by atoms with Crippen LogP contribution in [0.1, 0.15) is 5.56 Å². The van der Waals surface area contributed by atoms with E-state index < -0.39 is 0 Å². The first-order valence-corrected chi connectivity index (χ1v) is 7.91. The fraction of sp³-hybridized carbons (Fsp3) is 0.105. The normalized spacial score (nSPS) is 10.9. The highest BCUT2D eigenvalue weighted by Crippen LogP contribution is 2.20. The van der Waals surface area contributed by atoms with Gasteiger partial charge < -0.3 is 8.98 Å². The lowest BCUT2D eigenvalue weighted by molar-refractivity contribution is 0.577. The molecule has 0 radical (unpaired) electrons. The maximum Gasteiger partial charge on any atom is 0.195 e. The Morgan fingerprint density at radius 1 is 1.04 bits per heavy atom. The second-order valence-electron chi connectivity index (χ2n) is 5.60. The van der Waals surface area contributed by atoms with Gasteiger partial charge in [0.15, 0.2) is 11.6 Å². The van der Waals surface area contributed by atoms with E-state index in [0.717, 1.165) is 17.0 Å². The molecule has 0 aliphatic rings. The Balaban J connectivity index is 1.53. The quantitative estimate of drug-likeness (QED) is 0.554. The molecule has 0 aliphatic heterocycles. The minimum atomic E-state index is -0.217. The van der Waals surface area contributed by atoms with E-state index in [-0.39, 0.29) is 5.82 Å². The van der Waals surface area contributed by atoms with Crippen LogP contribution in [0.2, 0.25) is 0 Å². The first-order chi connectivity index (χ1) is 12.3. The lowest BCUT2D eigenvalue weighted by Crippen LogP contribution is -2.03. The summed E-state index contributed by atoms with van der Waals surface area (Å²) < 4.78 is 20.6. The monoisotopic (exact) mass is 334 g/mol. The zero-order valence-electron chi connectivity index (χ0n) is 13.3. The lowest BCUT2D eigenvalue weighted by atomic mass is 10.1. The first-order valence-electron chi connectivity index (χ1n) is 7.91. The van der Waals surface area contributed by atoms with Gasteiger partial charge in [0.25, 0.3) is 0 Å². The Morgan fingerprint density at radius 3 is 2.68 bits per heavy atom. The molecule has 0 spiro atoms. The first kappa shape index (κ1) is 15.3. The van der Waals surface area contributed by atoms with Gasteiger partial charge in [-0.05, 0) is 36.2 Å². The molecule has 4 rings (SSSR count). The molecule has 3 heterocycles. The summed E-state index contributed by atoms with van der Waals surface area (Å²) in [7, 11) is 0. The van der Waals surface area contributed by atoms with Gasteiger partial charge in [0, 0.05) is 31.3 Å². The number of rotatable bonds is 5. The van der Waals surface area contributed by atoms with Crippen LogP contribution in [0.3, 0.4) is 0 Å². The molecule has 3 aromatic heterocycles. The number of hydrogen-bond acceptors (Lipinski definition) is 4. The molecule has 0 fully saturated rings. The van der Waals surface area contributed by atoms with Gasteiger partial charge in [-0.15, -0.1) is 0 Å². The predicted molar refractivity (Wildman–Crippen MR) is 91.1 cm³/mol. The number of furan rings is 1. The van der Waals surface area contributed by atoms with Gasteiger partial charge >= 0.3 is 0 Å². The molecule has 0 saturated heterocycles. The van der Waals surface area contributed by atoms with Crippen LogP contribution in [0, 0.1) is 5.82 Å². The third-order valence-electron chi connectivity index (χ3n) is 3.90. The third kappa shape index (κ3) is 3.33. The second-order valence-corrected chi connectivity index (χ2v) is 5.60. The average molecular weight is 334 g/mol. The number of halogens is 1. The Morgan fingerprint density at radius 2 is 1.92 bits per heavy atom. The summed E-state index contributed by atoms with van der Waals surface area (Å²) in [5.41, 5.74) is 1.77. The minimum Gasteiger partial charge on any atom is -0.461 e. The summed E-state index contributed by atoms with van der Waals surface area (Å²) in [6.45, 7) is 0.693. The molecule has 0 amide bonds. The van der Waals surface area contributed by atoms with Crippen LogP contribution in [-0.4, -0.2) is 19.5 Å². The molecule has 5 nitrogen and oxygen atoms in total. The number of hydrogen-bond donors (Lipinski definition) is 0. The van der Waals surface area contributed by atoms with Crippen LogP contribution >= 0.6 is 0 Å². The summed E-state index contributed by atoms with van der Waals surface area (Å²) in [4.78, 5) is 13.1. The molecule has 25 heavy (non-hydrogen) atoms. The number of imidazole rings is 1. The second kappa shape index (κ2) is 6.68. The zero-order chi connectivity index (χ0) is 17.1. The number of benzene rings is 1.